The second kappa shape index (κ2) is 5.12. The molecule has 2 rings (SSSR count). The number of aromatic nitrogens is 1. The van der Waals surface area contributed by atoms with Crippen LogP contribution in [0, 0.1) is 0 Å². The van der Waals surface area contributed by atoms with Gasteiger partial charge in [-0.3, -0.25) is 10.2 Å². The standard InChI is InChI=1S/C11H11N5O2S/c1-6(17)16-8-5-3-2-4-7(8)9(10(16)18)14-15-11(19)13-12/h2-5,18H,12H2,1H3,(H,13,19). The van der Waals surface area contributed by atoms with E-state index in [4.69, 9.17) is 18.1 Å². The molecule has 0 spiro atoms. The molecule has 0 saturated heterocycles. The molecular formula is C11H11N5O2S. The summed E-state index contributed by atoms with van der Waals surface area (Å²) >= 11 is 4.73. The Bertz CT molecular complexity index is 692. The molecule has 1 aromatic carbocycles. The molecular weight excluding hydrogens is 266 g/mol. The second-order valence-electron chi connectivity index (χ2n) is 3.69. The molecule has 0 bridgehead atoms. The Balaban J connectivity index is 2.67. The number of carbonyl (C=O) groups is 1. The number of azo groups is 1. The zero-order valence-corrected chi connectivity index (χ0v) is 10.8. The fraction of sp³-hybridized carbons (Fsp3) is 0.0909. The topological polar surface area (TPSA) is 105 Å². The minimum Gasteiger partial charge on any atom is -0.493 e. The van der Waals surface area contributed by atoms with Crippen LogP contribution in [-0.4, -0.2) is 20.7 Å². The van der Waals surface area contributed by atoms with Crippen LogP contribution in [0.5, 0.6) is 5.88 Å². The quantitative estimate of drug-likeness (QED) is 0.319. The number of aromatic hydroxyl groups is 1. The van der Waals surface area contributed by atoms with Crippen molar-refractivity contribution in [3.8, 4) is 5.88 Å². The summed E-state index contributed by atoms with van der Waals surface area (Å²) in [7, 11) is 0. The minimum absolute atomic E-state index is 0.0287. The third-order valence-corrected chi connectivity index (χ3v) is 2.70. The molecule has 0 atom stereocenters. The lowest BCUT2D eigenvalue weighted by Crippen LogP contribution is -2.26. The van der Waals surface area contributed by atoms with Gasteiger partial charge in [-0.15, -0.1) is 10.2 Å². The van der Waals surface area contributed by atoms with E-state index in [9.17, 15) is 9.90 Å². The highest BCUT2D eigenvalue weighted by Gasteiger charge is 2.18. The average molecular weight is 277 g/mol. The van der Waals surface area contributed by atoms with E-state index in [1.165, 1.54) is 6.92 Å². The highest BCUT2D eigenvalue weighted by molar-refractivity contribution is 7.80. The van der Waals surface area contributed by atoms with Crippen molar-refractivity contribution in [2.24, 2.45) is 16.1 Å². The molecule has 1 aromatic heterocycles. The summed E-state index contributed by atoms with van der Waals surface area (Å²) in [5.41, 5.74) is 2.87. The van der Waals surface area contributed by atoms with Gasteiger partial charge < -0.3 is 5.11 Å². The molecule has 0 aliphatic rings. The van der Waals surface area contributed by atoms with E-state index in [2.05, 4.69) is 15.7 Å². The smallest absolute Gasteiger partial charge is 0.230 e. The molecule has 2 aromatic rings. The number of hydrogen-bond donors (Lipinski definition) is 3. The lowest BCUT2D eigenvalue weighted by Gasteiger charge is -1.99. The first kappa shape index (κ1) is 13.1. The number of nitrogens with one attached hydrogen (secondary N) is 1. The second-order valence-corrected chi connectivity index (χ2v) is 4.08. The molecule has 4 N–H and O–H groups in total. The van der Waals surface area contributed by atoms with Crippen molar-refractivity contribution in [2.45, 2.75) is 6.92 Å². The fourth-order valence-corrected chi connectivity index (χ4v) is 1.79. The molecule has 0 fully saturated rings. The molecule has 19 heavy (non-hydrogen) atoms. The molecule has 8 heteroatoms. The first-order valence-electron chi connectivity index (χ1n) is 5.32. The lowest BCUT2D eigenvalue weighted by molar-refractivity contribution is 0.0933. The van der Waals surface area contributed by atoms with Crippen LogP contribution in [0.4, 0.5) is 5.69 Å². The van der Waals surface area contributed by atoms with E-state index < -0.39 is 0 Å². The lowest BCUT2D eigenvalue weighted by atomic mass is 10.2. The fourth-order valence-electron chi connectivity index (χ4n) is 1.75. The van der Waals surface area contributed by atoms with Gasteiger partial charge in [0.25, 0.3) is 0 Å². The van der Waals surface area contributed by atoms with E-state index in [1.807, 2.05) is 0 Å². The maximum Gasteiger partial charge on any atom is 0.230 e. The third-order valence-electron chi connectivity index (χ3n) is 2.50. The minimum atomic E-state index is -0.324. The van der Waals surface area contributed by atoms with Gasteiger partial charge in [0.2, 0.25) is 16.9 Å². The third kappa shape index (κ3) is 2.30. The van der Waals surface area contributed by atoms with E-state index >= 15 is 0 Å². The number of carbonyl (C=O) groups excluding carboxylic acids is 1. The Hall–Kier alpha value is -2.32. The molecule has 0 radical (unpaired) electrons. The number of nitrogens with two attached hydrogens (primary N) is 1. The Morgan fingerprint density at radius 1 is 1.47 bits per heavy atom. The Kier molecular flexibility index (Phi) is 3.54. The Morgan fingerprint density at radius 2 is 2.16 bits per heavy atom. The van der Waals surface area contributed by atoms with Gasteiger partial charge in [0.1, 0.15) is 0 Å². The van der Waals surface area contributed by atoms with Gasteiger partial charge in [0, 0.05) is 12.3 Å². The molecule has 0 saturated carbocycles. The normalized spacial score (nSPS) is 11.1. The summed E-state index contributed by atoms with van der Waals surface area (Å²) in [6, 6.07) is 6.95. The van der Waals surface area contributed by atoms with Crippen molar-refractivity contribution in [3.05, 3.63) is 24.3 Å². The van der Waals surface area contributed by atoms with Crippen LogP contribution in [0.25, 0.3) is 10.9 Å². The molecule has 7 nitrogen and oxygen atoms in total. The first-order valence-corrected chi connectivity index (χ1v) is 5.72. The van der Waals surface area contributed by atoms with E-state index in [-0.39, 0.29) is 22.6 Å². The zero-order valence-electron chi connectivity index (χ0n) is 9.99. The van der Waals surface area contributed by atoms with E-state index in [0.717, 1.165) is 4.57 Å². The van der Waals surface area contributed by atoms with Gasteiger partial charge in [-0.05, 0) is 18.3 Å². The predicted molar refractivity (Wildman–Crippen MR) is 74.3 cm³/mol. The van der Waals surface area contributed by atoms with Crippen molar-refractivity contribution in [2.75, 3.05) is 0 Å². The van der Waals surface area contributed by atoms with Crippen LogP contribution in [0.2, 0.25) is 0 Å². The van der Waals surface area contributed by atoms with Crippen molar-refractivity contribution in [1.29, 1.82) is 0 Å². The molecule has 0 aliphatic heterocycles. The summed E-state index contributed by atoms with van der Waals surface area (Å²) in [5, 5.41) is 18.1. The summed E-state index contributed by atoms with van der Waals surface area (Å²) in [4.78, 5) is 11.6. The average Bonchev–Trinajstić information content (AvgIpc) is 2.68. The number of hydrazine groups is 1. The molecule has 0 unspecified atom stereocenters. The number of rotatable bonds is 1. The van der Waals surface area contributed by atoms with Crippen LogP contribution >= 0.6 is 12.2 Å². The van der Waals surface area contributed by atoms with Crippen LogP contribution in [-0.2, 0) is 0 Å². The van der Waals surface area contributed by atoms with Gasteiger partial charge in [-0.25, -0.2) is 10.4 Å². The summed E-state index contributed by atoms with van der Waals surface area (Å²) in [6.07, 6.45) is 0. The van der Waals surface area contributed by atoms with E-state index in [1.54, 1.807) is 24.3 Å². The van der Waals surface area contributed by atoms with Gasteiger partial charge in [-0.2, -0.15) is 0 Å². The van der Waals surface area contributed by atoms with E-state index in [0.29, 0.717) is 10.9 Å². The van der Waals surface area contributed by atoms with Crippen molar-refractivity contribution in [3.63, 3.8) is 0 Å². The Labute approximate surface area is 113 Å². The van der Waals surface area contributed by atoms with Crippen molar-refractivity contribution in [1.82, 2.24) is 9.99 Å². The SMILES string of the molecule is CC(=O)n1c(O)c(N=NC(=S)NN)c2ccccc21. The van der Waals surface area contributed by atoms with Crippen LogP contribution in [0.3, 0.4) is 0 Å². The largest absolute Gasteiger partial charge is 0.493 e. The number of hydrogen-bond acceptors (Lipinski definition) is 5. The van der Waals surface area contributed by atoms with Crippen LogP contribution in [0.1, 0.15) is 11.7 Å². The number of fused-ring (bicyclic) bond motifs is 1. The molecule has 98 valence electrons. The molecule has 0 aliphatic carbocycles. The van der Waals surface area contributed by atoms with Gasteiger partial charge in [0.05, 0.1) is 5.52 Å². The maximum atomic E-state index is 11.6. The molecule has 0 amide bonds. The number of benzene rings is 1. The summed E-state index contributed by atoms with van der Waals surface area (Å²) in [6.45, 7) is 1.35. The highest BCUT2D eigenvalue weighted by atomic mass is 32.1. The van der Waals surface area contributed by atoms with Crippen LogP contribution < -0.4 is 11.3 Å². The maximum absolute atomic E-state index is 11.6. The summed E-state index contributed by atoms with van der Waals surface area (Å²) in [5.74, 6) is 4.47. The monoisotopic (exact) mass is 277 g/mol. The number of thiocarbonyl (C=S) groups is 1. The van der Waals surface area contributed by atoms with Gasteiger partial charge in [0.15, 0.2) is 5.69 Å². The number of para-hydroxylation sites is 1. The van der Waals surface area contributed by atoms with Gasteiger partial charge >= 0.3 is 0 Å². The number of nitrogens with zero attached hydrogens (tertiary/aromatic N) is 3. The van der Waals surface area contributed by atoms with Gasteiger partial charge in [-0.1, -0.05) is 18.2 Å². The van der Waals surface area contributed by atoms with Crippen molar-refractivity contribution >= 4 is 39.8 Å². The summed E-state index contributed by atoms with van der Waals surface area (Å²) < 4.78 is 1.16. The predicted octanol–water partition coefficient (Wildman–Crippen LogP) is 1.84. The van der Waals surface area contributed by atoms with Crippen molar-refractivity contribution < 1.29 is 9.90 Å². The highest BCUT2D eigenvalue weighted by Crippen LogP contribution is 2.38. The van der Waals surface area contributed by atoms with Crippen LogP contribution in [0.15, 0.2) is 34.5 Å². The Morgan fingerprint density at radius 3 is 2.79 bits per heavy atom. The molecule has 1 heterocycles. The zero-order chi connectivity index (χ0) is 14.0. The first-order chi connectivity index (χ1) is 9.06.